The van der Waals surface area contributed by atoms with E-state index in [9.17, 15) is 21.6 Å². The van der Waals surface area contributed by atoms with Gasteiger partial charge >= 0.3 is 15.5 Å². The summed E-state index contributed by atoms with van der Waals surface area (Å²) in [6.45, 7) is 7.42. The summed E-state index contributed by atoms with van der Waals surface area (Å²) in [6.07, 6.45) is 5.36. The Balaban J connectivity index is 0.00000450. The van der Waals surface area contributed by atoms with Crippen molar-refractivity contribution in [1.29, 1.82) is 0 Å². The van der Waals surface area contributed by atoms with E-state index in [1.54, 1.807) is 0 Å². The topological polar surface area (TPSA) is 77.0 Å². The van der Waals surface area contributed by atoms with Crippen molar-refractivity contribution < 1.29 is 21.6 Å². The first-order chi connectivity index (χ1) is 13.6. The summed E-state index contributed by atoms with van der Waals surface area (Å²) >= 11 is 0. The molecule has 0 aromatic rings. The van der Waals surface area contributed by atoms with Crippen LogP contribution in [0.2, 0.25) is 0 Å². The maximum absolute atomic E-state index is 12.7. The lowest BCUT2D eigenvalue weighted by atomic mass is 10.0. The van der Waals surface area contributed by atoms with E-state index in [-0.39, 0.29) is 43.1 Å². The maximum Gasteiger partial charge on any atom is 0.511 e. The Hall–Kier alpha value is -0.340. The lowest BCUT2D eigenvalue weighted by molar-refractivity contribution is -0.0494. The molecule has 0 saturated carbocycles. The summed E-state index contributed by atoms with van der Waals surface area (Å²) in [5, 5.41) is 6.39. The molecule has 30 heavy (non-hydrogen) atoms. The fourth-order valence-electron chi connectivity index (χ4n) is 3.85. The number of guanidine groups is 1. The molecule has 2 saturated heterocycles. The van der Waals surface area contributed by atoms with E-state index in [4.69, 9.17) is 0 Å². The van der Waals surface area contributed by atoms with Crippen LogP contribution in [0.15, 0.2) is 4.99 Å². The summed E-state index contributed by atoms with van der Waals surface area (Å²) in [5.74, 6) is 0.635. The average Bonchev–Trinajstić information content (AvgIpc) is 2.66. The number of sulfonamides is 1. The standard InChI is InChI=1S/C18H34F3N5O2S.HI/c1-3-22-17(23-10-6-12-25-11-5-4-7-15(25)2)24-16-8-13-26(14-9-16)29(27,28)18(19,20)21;/h15-16H,3-14H2,1-2H3,(H2,22,23,24);1H. The van der Waals surface area contributed by atoms with Crippen molar-refractivity contribution in [3.63, 3.8) is 0 Å². The van der Waals surface area contributed by atoms with Crippen LogP contribution in [0.4, 0.5) is 13.2 Å². The van der Waals surface area contributed by atoms with Crippen LogP contribution >= 0.6 is 24.0 Å². The molecule has 0 spiro atoms. The minimum atomic E-state index is -5.24. The lowest BCUT2D eigenvalue weighted by Crippen LogP contribution is -2.51. The molecule has 2 fully saturated rings. The van der Waals surface area contributed by atoms with Gasteiger partial charge < -0.3 is 15.5 Å². The van der Waals surface area contributed by atoms with E-state index in [2.05, 4.69) is 27.4 Å². The summed E-state index contributed by atoms with van der Waals surface area (Å²) in [6, 6.07) is 0.520. The van der Waals surface area contributed by atoms with Gasteiger partial charge in [0.1, 0.15) is 0 Å². The zero-order chi connectivity index (χ0) is 21.5. The number of likely N-dealkylation sites (tertiary alicyclic amines) is 1. The second-order valence-corrected chi connectivity index (χ2v) is 9.69. The third-order valence-corrected chi connectivity index (χ3v) is 7.22. The largest absolute Gasteiger partial charge is 0.511 e. The van der Waals surface area contributed by atoms with E-state index >= 15 is 0 Å². The molecule has 0 aromatic carbocycles. The molecule has 2 N–H and O–H groups in total. The monoisotopic (exact) mass is 569 g/mol. The first-order valence-electron chi connectivity index (χ1n) is 10.5. The Bertz CT molecular complexity index is 640. The van der Waals surface area contributed by atoms with Crippen molar-refractivity contribution in [2.24, 2.45) is 4.99 Å². The number of nitrogens with zero attached hydrogens (tertiary/aromatic N) is 3. The minimum Gasteiger partial charge on any atom is -0.357 e. The van der Waals surface area contributed by atoms with Crippen molar-refractivity contribution in [2.75, 3.05) is 39.3 Å². The molecule has 2 heterocycles. The van der Waals surface area contributed by atoms with Gasteiger partial charge in [0.25, 0.3) is 0 Å². The van der Waals surface area contributed by atoms with Gasteiger partial charge in [-0.05, 0) is 52.5 Å². The molecule has 1 atom stereocenters. The van der Waals surface area contributed by atoms with Gasteiger partial charge in [-0.25, -0.2) is 8.42 Å². The van der Waals surface area contributed by atoms with Crippen molar-refractivity contribution >= 4 is 40.0 Å². The fourth-order valence-corrected chi connectivity index (χ4v) is 4.84. The number of alkyl halides is 3. The summed E-state index contributed by atoms with van der Waals surface area (Å²) in [5.41, 5.74) is -5.24. The van der Waals surface area contributed by atoms with Gasteiger partial charge in [0.05, 0.1) is 0 Å². The SMILES string of the molecule is CCNC(=NCCCN1CCCCC1C)NC1CCN(S(=O)(=O)C(F)(F)F)CC1.I. The highest BCUT2D eigenvalue weighted by molar-refractivity contribution is 14.0. The predicted molar refractivity (Wildman–Crippen MR) is 124 cm³/mol. The van der Waals surface area contributed by atoms with Gasteiger partial charge in [-0.15, -0.1) is 24.0 Å². The van der Waals surface area contributed by atoms with Gasteiger partial charge in [-0.2, -0.15) is 17.5 Å². The molecule has 0 radical (unpaired) electrons. The molecule has 0 aromatic heterocycles. The van der Waals surface area contributed by atoms with Crippen molar-refractivity contribution in [1.82, 2.24) is 19.8 Å². The zero-order valence-electron chi connectivity index (χ0n) is 17.7. The molecule has 12 heteroatoms. The number of rotatable bonds is 7. The normalized spacial score (nSPS) is 23.1. The molecule has 0 aliphatic carbocycles. The van der Waals surface area contributed by atoms with Crippen molar-refractivity contribution in [3.8, 4) is 0 Å². The van der Waals surface area contributed by atoms with Gasteiger partial charge in [-0.1, -0.05) is 6.42 Å². The molecule has 0 bridgehead atoms. The Kier molecular flexibility index (Phi) is 11.7. The second kappa shape index (κ2) is 12.6. The van der Waals surface area contributed by atoms with E-state index in [1.165, 1.54) is 19.3 Å². The van der Waals surface area contributed by atoms with Crippen LogP contribution in [0.5, 0.6) is 0 Å². The van der Waals surface area contributed by atoms with Gasteiger partial charge in [0, 0.05) is 44.8 Å². The highest BCUT2D eigenvalue weighted by Gasteiger charge is 2.50. The Morgan fingerprint density at radius 2 is 1.80 bits per heavy atom. The van der Waals surface area contributed by atoms with Crippen molar-refractivity contribution in [3.05, 3.63) is 0 Å². The first-order valence-corrected chi connectivity index (χ1v) is 11.9. The van der Waals surface area contributed by atoms with Crippen molar-refractivity contribution in [2.45, 2.75) is 70.0 Å². The number of nitrogens with one attached hydrogen (secondary N) is 2. The molecule has 2 aliphatic rings. The molecule has 2 rings (SSSR count). The van der Waals surface area contributed by atoms with E-state index < -0.39 is 15.5 Å². The number of aliphatic imine (C=N–C) groups is 1. The highest BCUT2D eigenvalue weighted by atomic mass is 127. The smallest absolute Gasteiger partial charge is 0.357 e. The van der Waals surface area contributed by atoms with Crippen LogP contribution in [0.3, 0.4) is 0 Å². The Morgan fingerprint density at radius 1 is 1.13 bits per heavy atom. The average molecular weight is 569 g/mol. The van der Waals surface area contributed by atoms with Gasteiger partial charge in [0.15, 0.2) is 5.96 Å². The Labute approximate surface area is 195 Å². The molecule has 2 aliphatic heterocycles. The zero-order valence-corrected chi connectivity index (χ0v) is 20.9. The molecule has 1 unspecified atom stereocenters. The second-order valence-electron chi connectivity index (χ2n) is 7.76. The van der Waals surface area contributed by atoms with Gasteiger partial charge in [-0.3, -0.25) is 4.99 Å². The van der Waals surface area contributed by atoms with Crippen LogP contribution < -0.4 is 10.6 Å². The number of halogens is 4. The molecule has 178 valence electrons. The minimum absolute atomic E-state index is 0. The maximum atomic E-state index is 12.7. The van der Waals surface area contributed by atoms with Crippen LogP contribution in [-0.2, 0) is 10.0 Å². The quantitative estimate of drug-likeness (QED) is 0.214. The Morgan fingerprint density at radius 3 is 2.37 bits per heavy atom. The molecular weight excluding hydrogens is 534 g/mol. The van der Waals surface area contributed by atoms with Crippen LogP contribution in [0, 0.1) is 0 Å². The highest BCUT2D eigenvalue weighted by Crippen LogP contribution is 2.28. The van der Waals surface area contributed by atoms with E-state index in [0.717, 1.165) is 19.5 Å². The third kappa shape index (κ3) is 7.97. The van der Waals surface area contributed by atoms with E-state index in [0.29, 0.717) is 42.2 Å². The van der Waals surface area contributed by atoms with Crippen LogP contribution in [-0.4, -0.2) is 80.4 Å². The van der Waals surface area contributed by atoms with E-state index in [1.807, 2.05) is 6.92 Å². The predicted octanol–water partition coefficient (Wildman–Crippen LogP) is 2.74. The fraction of sp³-hybridized carbons (Fsp3) is 0.944. The summed E-state index contributed by atoms with van der Waals surface area (Å²) in [7, 11) is -5.24. The summed E-state index contributed by atoms with van der Waals surface area (Å²) < 4.78 is 61.6. The lowest BCUT2D eigenvalue weighted by Gasteiger charge is -2.33. The van der Waals surface area contributed by atoms with Gasteiger partial charge in [0.2, 0.25) is 0 Å². The number of hydrogen-bond acceptors (Lipinski definition) is 4. The van der Waals surface area contributed by atoms with Crippen LogP contribution in [0.1, 0.15) is 52.4 Å². The molecule has 0 amide bonds. The molecular formula is C18H35F3IN5O2S. The first kappa shape index (κ1) is 27.7. The number of piperidine rings is 2. The summed E-state index contributed by atoms with van der Waals surface area (Å²) in [4.78, 5) is 7.08. The van der Waals surface area contributed by atoms with Crippen LogP contribution in [0.25, 0.3) is 0 Å². The molecule has 7 nitrogen and oxygen atoms in total. The third-order valence-electron chi connectivity index (χ3n) is 5.59. The number of hydrogen-bond donors (Lipinski definition) is 2.